The van der Waals surface area contributed by atoms with Gasteiger partial charge in [0.2, 0.25) is 0 Å². The van der Waals surface area contributed by atoms with Crippen molar-refractivity contribution in [2.75, 3.05) is 46.8 Å². The van der Waals surface area contributed by atoms with Crippen LogP contribution in [-0.2, 0) is 0 Å². The van der Waals surface area contributed by atoms with Gasteiger partial charge in [0.05, 0.1) is 12.6 Å². The molecule has 27 heavy (non-hydrogen) atoms. The Balaban J connectivity index is 0.00000676. The third-order valence-electron chi connectivity index (χ3n) is 4.65. The lowest BCUT2D eigenvalue weighted by atomic mass is 10.2. The minimum absolute atomic E-state index is 0. The Hall–Kier alpha value is -0.380. The zero-order valence-electron chi connectivity index (χ0n) is 18.0. The van der Waals surface area contributed by atoms with Crippen molar-refractivity contribution in [1.29, 1.82) is 0 Å². The first-order chi connectivity index (χ1) is 12.5. The first kappa shape index (κ1) is 26.6. The van der Waals surface area contributed by atoms with E-state index < -0.39 is 0 Å². The van der Waals surface area contributed by atoms with Gasteiger partial charge in [-0.2, -0.15) is 0 Å². The molecule has 0 spiro atoms. The van der Waals surface area contributed by atoms with E-state index >= 15 is 0 Å². The molecule has 1 aromatic rings. The number of nitrogens with one attached hydrogen (secondary N) is 2. The first-order valence-corrected chi connectivity index (χ1v) is 10.9. The van der Waals surface area contributed by atoms with Gasteiger partial charge in [-0.3, -0.25) is 4.99 Å². The van der Waals surface area contributed by atoms with Gasteiger partial charge in [-0.15, -0.1) is 35.3 Å². The Morgan fingerprint density at radius 3 is 2.44 bits per heavy atom. The van der Waals surface area contributed by atoms with Crippen molar-refractivity contribution in [3.8, 4) is 0 Å². The fourth-order valence-corrected chi connectivity index (χ4v) is 3.87. The average Bonchev–Trinajstić information content (AvgIpc) is 3.13. The van der Waals surface area contributed by atoms with Crippen LogP contribution in [0.2, 0.25) is 0 Å². The predicted molar refractivity (Wildman–Crippen MR) is 132 cm³/mol. The molecule has 0 aliphatic heterocycles. The van der Waals surface area contributed by atoms with Crippen molar-refractivity contribution in [3.63, 3.8) is 0 Å². The highest BCUT2D eigenvalue weighted by Gasteiger charge is 2.15. The molecular weight excluding hydrogens is 469 g/mol. The van der Waals surface area contributed by atoms with E-state index in [1.165, 1.54) is 17.8 Å². The summed E-state index contributed by atoms with van der Waals surface area (Å²) < 4.78 is 0. The van der Waals surface area contributed by atoms with Gasteiger partial charge in [0.1, 0.15) is 0 Å². The zero-order valence-corrected chi connectivity index (χ0v) is 21.1. The van der Waals surface area contributed by atoms with Gasteiger partial charge in [0.15, 0.2) is 5.96 Å². The lowest BCUT2D eigenvalue weighted by molar-refractivity contribution is 0.292. The van der Waals surface area contributed by atoms with Crippen LogP contribution >= 0.6 is 35.3 Å². The van der Waals surface area contributed by atoms with Crippen LogP contribution < -0.4 is 10.6 Å². The highest BCUT2D eigenvalue weighted by molar-refractivity contribution is 14.0. The third-order valence-corrected chi connectivity index (χ3v) is 5.62. The molecule has 158 valence electrons. The minimum Gasteiger partial charge on any atom is -0.357 e. The smallest absolute Gasteiger partial charge is 0.191 e. The van der Waals surface area contributed by atoms with E-state index in [0.29, 0.717) is 12.1 Å². The van der Waals surface area contributed by atoms with E-state index in [9.17, 15) is 0 Å². The number of nitrogens with zero attached hydrogens (tertiary/aromatic N) is 3. The summed E-state index contributed by atoms with van der Waals surface area (Å²) in [4.78, 5) is 10.9. The second-order valence-corrected chi connectivity index (χ2v) is 7.91. The minimum atomic E-state index is 0. The van der Waals surface area contributed by atoms with Crippen LogP contribution in [-0.4, -0.2) is 68.6 Å². The standard InChI is InChI=1S/C20H39N5S.HI/c1-7-21-20(23-17(4)12-10-14-25(8-2)9-3)22-16-18(24(5)6)19-13-11-15-26-19;/h11,13,15,17-18H,7-10,12,14,16H2,1-6H3,(H2,21,22,23);1H. The van der Waals surface area contributed by atoms with Gasteiger partial charge >= 0.3 is 0 Å². The number of hydrogen-bond acceptors (Lipinski definition) is 4. The normalized spacial score (nSPS) is 14.1. The Labute approximate surface area is 188 Å². The van der Waals surface area contributed by atoms with Gasteiger partial charge in [-0.1, -0.05) is 19.9 Å². The molecule has 0 saturated carbocycles. The summed E-state index contributed by atoms with van der Waals surface area (Å²) in [6, 6.07) is 5.05. The molecule has 0 radical (unpaired) electrons. The van der Waals surface area contributed by atoms with Crippen molar-refractivity contribution in [2.24, 2.45) is 4.99 Å². The fraction of sp³-hybridized carbons (Fsp3) is 0.750. The molecule has 0 aliphatic rings. The first-order valence-electron chi connectivity index (χ1n) is 9.98. The van der Waals surface area contributed by atoms with Crippen LogP contribution in [0.25, 0.3) is 0 Å². The lowest BCUT2D eigenvalue weighted by Crippen LogP contribution is -2.43. The fourth-order valence-electron chi connectivity index (χ4n) is 2.95. The van der Waals surface area contributed by atoms with Gasteiger partial charge < -0.3 is 20.4 Å². The average molecular weight is 510 g/mol. The van der Waals surface area contributed by atoms with E-state index in [2.05, 4.69) is 79.7 Å². The van der Waals surface area contributed by atoms with Crippen LogP contribution in [0.1, 0.15) is 51.5 Å². The zero-order chi connectivity index (χ0) is 19.4. The van der Waals surface area contributed by atoms with Crippen LogP contribution in [0.5, 0.6) is 0 Å². The van der Waals surface area contributed by atoms with Gasteiger partial charge in [-0.05, 0) is 71.9 Å². The maximum Gasteiger partial charge on any atom is 0.191 e. The SMILES string of the molecule is CCNC(=NCC(c1cccs1)N(C)C)NC(C)CCCN(CC)CC.I. The number of aliphatic imine (C=N–C) groups is 1. The van der Waals surface area contributed by atoms with E-state index in [4.69, 9.17) is 4.99 Å². The van der Waals surface area contributed by atoms with E-state index in [-0.39, 0.29) is 24.0 Å². The Morgan fingerprint density at radius 2 is 1.93 bits per heavy atom. The maximum absolute atomic E-state index is 4.86. The molecule has 7 heteroatoms. The van der Waals surface area contributed by atoms with Crippen molar-refractivity contribution in [1.82, 2.24) is 20.4 Å². The molecule has 0 bridgehead atoms. The summed E-state index contributed by atoms with van der Waals surface area (Å²) in [5, 5.41) is 9.10. The number of likely N-dealkylation sites (N-methyl/N-ethyl adjacent to an activating group) is 1. The van der Waals surface area contributed by atoms with Crippen LogP contribution in [0.4, 0.5) is 0 Å². The molecule has 1 aromatic heterocycles. The molecule has 2 unspecified atom stereocenters. The van der Waals surface area contributed by atoms with Gasteiger partial charge in [-0.25, -0.2) is 0 Å². The quantitative estimate of drug-likeness (QED) is 0.254. The summed E-state index contributed by atoms with van der Waals surface area (Å²) in [6.07, 6.45) is 2.37. The summed E-state index contributed by atoms with van der Waals surface area (Å²) in [7, 11) is 4.24. The number of halogens is 1. The van der Waals surface area contributed by atoms with Crippen molar-refractivity contribution in [3.05, 3.63) is 22.4 Å². The van der Waals surface area contributed by atoms with E-state index in [1.807, 2.05) is 0 Å². The Bertz CT molecular complexity index is 489. The molecule has 0 fully saturated rings. The second-order valence-electron chi connectivity index (χ2n) is 6.93. The molecule has 2 N–H and O–H groups in total. The van der Waals surface area contributed by atoms with Crippen LogP contribution in [0, 0.1) is 0 Å². The largest absolute Gasteiger partial charge is 0.357 e. The third kappa shape index (κ3) is 10.7. The maximum atomic E-state index is 4.86. The van der Waals surface area contributed by atoms with E-state index in [0.717, 1.165) is 38.6 Å². The predicted octanol–water partition coefficient (Wildman–Crippen LogP) is 4.03. The van der Waals surface area contributed by atoms with Crippen molar-refractivity contribution < 1.29 is 0 Å². The molecule has 0 saturated heterocycles. The number of rotatable bonds is 12. The molecule has 0 aliphatic carbocycles. The number of thiophene rings is 1. The summed E-state index contributed by atoms with van der Waals surface area (Å²) in [5.74, 6) is 0.922. The van der Waals surface area contributed by atoms with Crippen LogP contribution in [0.15, 0.2) is 22.5 Å². The highest BCUT2D eigenvalue weighted by atomic mass is 127. The molecule has 1 rings (SSSR count). The van der Waals surface area contributed by atoms with Crippen molar-refractivity contribution in [2.45, 2.75) is 52.6 Å². The molecule has 5 nitrogen and oxygen atoms in total. The summed E-state index contributed by atoms with van der Waals surface area (Å²) in [6.45, 7) is 13.9. The number of hydrogen-bond donors (Lipinski definition) is 2. The lowest BCUT2D eigenvalue weighted by Gasteiger charge is -2.23. The molecule has 1 heterocycles. The topological polar surface area (TPSA) is 42.9 Å². The summed E-state index contributed by atoms with van der Waals surface area (Å²) >= 11 is 1.80. The Morgan fingerprint density at radius 1 is 1.22 bits per heavy atom. The number of guanidine groups is 1. The second kappa shape index (κ2) is 15.5. The summed E-state index contributed by atoms with van der Waals surface area (Å²) in [5.41, 5.74) is 0. The highest BCUT2D eigenvalue weighted by Crippen LogP contribution is 2.23. The van der Waals surface area contributed by atoms with E-state index in [1.54, 1.807) is 11.3 Å². The van der Waals surface area contributed by atoms with Gasteiger partial charge in [0, 0.05) is 17.5 Å². The van der Waals surface area contributed by atoms with Gasteiger partial charge in [0.25, 0.3) is 0 Å². The monoisotopic (exact) mass is 509 g/mol. The molecule has 0 aromatic carbocycles. The molecular formula is C20H40IN5S. The molecule has 0 amide bonds. The van der Waals surface area contributed by atoms with Crippen LogP contribution in [0.3, 0.4) is 0 Å². The molecule has 2 atom stereocenters. The van der Waals surface area contributed by atoms with Crippen molar-refractivity contribution >= 4 is 41.3 Å². The Kier molecular flexibility index (Phi) is 15.3.